The Labute approximate surface area is 386 Å². The van der Waals surface area contributed by atoms with Crippen LogP contribution in [0.15, 0.2) is 167 Å². The number of hydrogen-bond acceptors (Lipinski definition) is 10. The third-order valence-electron chi connectivity index (χ3n) is 10.6. The highest BCUT2D eigenvalue weighted by Crippen LogP contribution is 2.33. The normalized spacial score (nSPS) is 14.0. The van der Waals surface area contributed by atoms with Crippen LogP contribution >= 0.6 is 0 Å². The molecule has 0 unspecified atom stereocenters. The van der Waals surface area contributed by atoms with Crippen LogP contribution in [0, 0.1) is 13.8 Å². The third-order valence-corrected chi connectivity index (χ3v) is 10.6. The van der Waals surface area contributed by atoms with Crippen molar-refractivity contribution in [1.82, 2.24) is 10.6 Å². The van der Waals surface area contributed by atoms with Crippen molar-refractivity contribution in [2.45, 2.75) is 52.7 Å². The van der Waals surface area contributed by atoms with Gasteiger partial charge in [-0.2, -0.15) is 20.5 Å². The number of benzene rings is 6. The maximum atomic E-state index is 13.8. The molecule has 0 bridgehead atoms. The van der Waals surface area contributed by atoms with E-state index in [1.165, 1.54) is 0 Å². The van der Waals surface area contributed by atoms with Gasteiger partial charge in [0, 0.05) is 24.2 Å². The minimum atomic E-state index is -0.354. The molecule has 66 heavy (non-hydrogen) atoms. The fourth-order valence-corrected chi connectivity index (χ4v) is 7.13. The Morgan fingerprint density at radius 1 is 0.515 bits per heavy atom. The van der Waals surface area contributed by atoms with Gasteiger partial charge in [0.2, 0.25) is 0 Å². The monoisotopic (exact) mass is 882 g/mol. The number of rotatable bonds is 8. The van der Waals surface area contributed by atoms with Crippen LogP contribution in [-0.4, -0.2) is 38.1 Å². The molecule has 1 aliphatic heterocycles. The molecule has 1 heterocycles. The molecule has 6 aromatic rings. The van der Waals surface area contributed by atoms with Gasteiger partial charge in [0.15, 0.2) is 0 Å². The Morgan fingerprint density at radius 2 is 0.909 bits per heavy atom. The first-order valence-corrected chi connectivity index (χ1v) is 22.0. The van der Waals surface area contributed by atoms with Crippen molar-refractivity contribution in [2.24, 2.45) is 20.5 Å². The van der Waals surface area contributed by atoms with E-state index in [9.17, 15) is 9.59 Å². The van der Waals surface area contributed by atoms with Crippen LogP contribution < -0.4 is 29.6 Å². The molecule has 0 saturated heterocycles. The van der Waals surface area contributed by atoms with E-state index in [0.717, 1.165) is 44.8 Å². The minimum absolute atomic E-state index is 0.0789. The van der Waals surface area contributed by atoms with E-state index in [1.54, 1.807) is 24.3 Å². The topological polar surface area (TPSA) is 145 Å². The van der Waals surface area contributed by atoms with Crippen molar-refractivity contribution < 1.29 is 28.5 Å². The van der Waals surface area contributed by atoms with Gasteiger partial charge in [0.1, 0.15) is 36.2 Å². The van der Waals surface area contributed by atoms with Gasteiger partial charge in [-0.05, 0) is 123 Å². The van der Waals surface area contributed by atoms with Crippen molar-refractivity contribution >= 4 is 34.6 Å². The molecule has 12 nitrogen and oxygen atoms in total. The summed E-state index contributed by atoms with van der Waals surface area (Å²) in [5.41, 5.74) is 8.69. The highest BCUT2D eigenvalue weighted by atomic mass is 16.5. The standard InChI is InChI=1S/C54H54N6O6/c1-5-11-39-13-9-15-47-51(39)65-35-41-33-45(59-57-43-21-17-37(3)18-22-43)25-27-49(41)63-31-7-8-32-64-50-28-26-46(60-58-44-23-19-38(4)20-24-44)34-42(50)36-66-52-40(12-6-2)14-10-16-48(52)54(62)56-30-29-55-53(47)61/h5-6,9-10,13-28,33-34H,1-2,7-8,11-12,29-32,35-36H2,3-4H3,(H,55,61)(H,56,62). The molecular weight excluding hydrogens is 829 g/mol. The van der Waals surface area contributed by atoms with Crippen LogP contribution in [0.25, 0.3) is 0 Å². The molecule has 0 aromatic heterocycles. The van der Waals surface area contributed by atoms with Crippen molar-refractivity contribution in [1.29, 1.82) is 0 Å². The molecule has 0 aliphatic carbocycles. The largest absolute Gasteiger partial charge is 0.493 e. The van der Waals surface area contributed by atoms with Crippen molar-refractivity contribution in [3.63, 3.8) is 0 Å². The molecule has 1 aliphatic rings. The number of fused-ring (bicyclic) bond motifs is 4. The lowest BCUT2D eigenvalue weighted by molar-refractivity contribution is 0.0922. The Bertz CT molecular complexity index is 2530. The summed E-state index contributed by atoms with van der Waals surface area (Å²) in [5.74, 6) is 1.37. The fraction of sp³-hybridized carbons (Fsp3) is 0.222. The summed E-state index contributed by atoms with van der Waals surface area (Å²) in [6.45, 7) is 13.2. The third kappa shape index (κ3) is 12.7. The van der Waals surface area contributed by atoms with Crippen LogP contribution in [0.5, 0.6) is 23.0 Å². The molecule has 2 N–H and O–H groups in total. The predicted octanol–water partition coefficient (Wildman–Crippen LogP) is 12.5. The van der Waals surface area contributed by atoms with Crippen LogP contribution in [0.4, 0.5) is 22.7 Å². The van der Waals surface area contributed by atoms with E-state index in [1.807, 2.05) is 123 Å². The van der Waals surface area contributed by atoms with Crippen LogP contribution in [-0.2, 0) is 26.1 Å². The lowest BCUT2D eigenvalue weighted by Gasteiger charge is -2.18. The van der Waals surface area contributed by atoms with E-state index in [0.29, 0.717) is 84.4 Å². The van der Waals surface area contributed by atoms with Gasteiger partial charge in [0.05, 0.1) is 47.1 Å². The van der Waals surface area contributed by atoms with E-state index in [-0.39, 0.29) is 38.1 Å². The molecule has 12 heteroatoms. The molecule has 0 fully saturated rings. The molecule has 7 rings (SSSR count). The van der Waals surface area contributed by atoms with E-state index in [2.05, 4.69) is 44.2 Å². The fourth-order valence-electron chi connectivity index (χ4n) is 7.13. The lowest BCUT2D eigenvalue weighted by Crippen LogP contribution is -2.35. The number of amides is 2. The molecule has 0 saturated carbocycles. The highest BCUT2D eigenvalue weighted by molar-refractivity contribution is 5.98. The summed E-state index contributed by atoms with van der Waals surface area (Å²) in [4.78, 5) is 27.6. The summed E-state index contributed by atoms with van der Waals surface area (Å²) in [6.07, 6.45) is 5.85. The van der Waals surface area contributed by atoms with Gasteiger partial charge >= 0.3 is 0 Å². The van der Waals surface area contributed by atoms with Crippen molar-refractivity contribution in [2.75, 3.05) is 26.3 Å². The van der Waals surface area contributed by atoms with Crippen LogP contribution in [0.2, 0.25) is 0 Å². The zero-order valence-corrected chi connectivity index (χ0v) is 37.4. The number of carbonyl (C=O) groups is 2. The van der Waals surface area contributed by atoms with Gasteiger partial charge in [0.25, 0.3) is 11.8 Å². The number of hydrogen-bond donors (Lipinski definition) is 2. The Kier molecular flexibility index (Phi) is 16.2. The Hall–Kier alpha value is -7.86. The maximum Gasteiger partial charge on any atom is 0.255 e. The zero-order chi connectivity index (χ0) is 46.1. The highest BCUT2D eigenvalue weighted by Gasteiger charge is 2.20. The summed E-state index contributed by atoms with van der Waals surface area (Å²) in [5, 5.41) is 23.8. The average molecular weight is 883 g/mol. The minimum Gasteiger partial charge on any atom is -0.493 e. The Balaban J connectivity index is 1.17. The maximum absolute atomic E-state index is 13.8. The van der Waals surface area contributed by atoms with Gasteiger partial charge in [-0.15, -0.1) is 13.2 Å². The number of nitrogens with zero attached hydrogens (tertiary/aromatic N) is 4. The molecule has 0 spiro atoms. The number of carbonyl (C=O) groups excluding carboxylic acids is 2. The summed E-state index contributed by atoms with van der Waals surface area (Å²) in [7, 11) is 0. The second kappa shape index (κ2) is 23.2. The predicted molar refractivity (Wildman–Crippen MR) is 258 cm³/mol. The Morgan fingerprint density at radius 3 is 1.32 bits per heavy atom. The lowest BCUT2D eigenvalue weighted by atomic mass is 10.0. The molecule has 6 aromatic carbocycles. The second-order valence-electron chi connectivity index (χ2n) is 15.7. The van der Waals surface area contributed by atoms with Crippen molar-refractivity contribution in [3.05, 3.63) is 191 Å². The smallest absolute Gasteiger partial charge is 0.255 e. The van der Waals surface area contributed by atoms with Gasteiger partial charge in [-0.25, -0.2) is 0 Å². The second-order valence-corrected chi connectivity index (χ2v) is 15.7. The number of allylic oxidation sites excluding steroid dienone is 2. The first-order valence-electron chi connectivity index (χ1n) is 22.0. The molecule has 2 amide bonds. The molecule has 336 valence electrons. The number of azo groups is 2. The zero-order valence-electron chi connectivity index (χ0n) is 37.4. The number of nitrogens with one attached hydrogen (secondary N) is 2. The van der Waals surface area contributed by atoms with Gasteiger partial charge in [-0.3, -0.25) is 9.59 Å². The van der Waals surface area contributed by atoms with E-state index in [4.69, 9.17) is 18.9 Å². The van der Waals surface area contributed by atoms with Gasteiger partial charge < -0.3 is 29.6 Å². The number of ether oxygens (including phenoxy) is 4. The summed E-state index contributed by atoms with van der Waals surface area (Å²) >= 11 is 0. The van der Waals surface area contributed by atoms with Crippen LogP contribution in [0.1, 0.15) is 66.9 Å². The molecular formula is C54H54N6O6. The average Bonchev–Trinajstić information content (AvgIpc) is 3.33. The number of aryl methyl sites for hydroxylation is 2. The number of para-hydroxylation sites is 2. The first-order chi connectivity index (χ1) is 32.3. The summed E-state index contributed by atoms with van der Waals surface area (Å²) < 4.78 is 25.8. The quantitative estimate of drug-likeness (QED) is 0.115. The van der Waals surface area contributed by atoms with E-state index < -0.39 is 0 Å². The van der Waals surface area contributed by atoms with E-state index >= 15 is 0 Å². The SMILES string of the molecule is C=CCc1cccc2c1OCc1cc(N=Nc3ccc(C)cc3)ccc1OCCCCOc1ccc(N=Nc3ccc(C)cc3)cc1COc1c(CC=C)cccc1C(=O)NCCNC2=O. The molecule has 0 atom stereocenters. The van der Waals surface area contributed by atoms with Gasteiger partial charge in [-0.1, -0.05) is 71.8 Å². The summed E-state index contributed by atoms with van der Waals surface area (Å²) in [6, 6.07) is 37.7. The van der Waals surface area contributed by atoms with Crippen LogP contribution in [0.3, 0.4) is 0 Å². The first kappa shape index (κ1) is 46.1. The molecule has 0 radical (unpaired) electrons. The van der Waals surface area contributed by atoms with Crippen molar-refractivity contribution in [3.8, 4) is 23.0 Å².